The largest absolute Gasteiger partial charge is 0.391 e. The van der Waals surface area contributed by atoms with Crippen molar-refractivity contribution in [3.05, 3.63) is 21.9 Å². The Hall–Kier alpha value is -0.870. The average molecular weight is 281 g/mol. The molecule has 0 radical (unpaired) electrons. The maximum atomic E-state index is 12.4. The smallest absolute Gasteiger partial charge is 0.264 e. The van der Waals surface area contributed by atoms with E-state index < -0.39 is 0 Å². The van der Waals surface area contributed by atoms with E-state index in [0.29, 0.717) is 6.54 Å². The van der Waals surface area contributed by atoms with E-state index in [1.54, 1.807) is 16.2 Å². The molecule has 2 rings (SSSR count). The number of amides is 1. The molecule has 3 nitrogen and oxygen atoms in total. The van der Waals surface area contributed by atoms with Crippen LogP contribution in [0.5, 0.6) is 0 Å². The Bertz CT molecular complexity index is 461. The van der Waals surface area contributed by atoms with Crippen LogP contribution in [-0.4, -0.2) is 35.1 Å². The third-order valence-electron chi connectivity index (χ3n) is 3.76. The molecule has 19 heavy (non-hydrogen) atoms. The molecule has 2 atom stereocenters. The van der Waals surface area contributed by atoms with Gasteiger partial charge < -0.3 is 10.0 Å². The highest BCUT2D eigenvalue weighted by molar-refractivity contribution is 7.14. The summed E-state index contributed by atoms with van der Waals surface area (Å²) in [6, 6.07) is 3.96. The molecule has 0 aliphatic carbocycles. The Morgan fingerprint density at radius 2 is 2.11 bits per heavy atom. The van der Waals surface area contributed by atoms with Crippen LogP contribution < -0.4 is 0 Å². The van der Waals surface area contributed by atoms with Gasteiger partial charge in [-0.3, -0.25) is 4.79 Å². The van der Waals surface area contributed by atoms with Crippen LogP contribution in [0.1, 0.15) is 48.7 Å². The molecule has 106 valence electrons. The summed E-state index contributed by atoms with van der Waals surface area (Å²) < 4.78 is 0. The maximum absolute atomic E-state index is 12.4. The molecule has 4 heteroatoms. The number of hydrogen-bond donors (Lipinski definition) is 1. The van der Waals surface area contributed by atoms with Crippen molar-refractivity contribution in [3.63, 3.8) is 0 Å². The Labute approximate surface area is 119 Å². The summed E-state index contributed by atoms with van der Waals surface area (Å²) >= 11 is 1.57. The van der Waals surface area contributed by atoms with Gasteiger partial charge in [-0.25, -0.2) is 0 Å². The van der Waals surface area contributed by atoms with Gasteiger partial charge in [0.2, 0.25) is 0 Å². The minimum Gasteiger partial charge on any atom is -0.391 e. The van der Waals surface area contributed by atoms with Crippen molar-refractivity contribution in [2.24, 2.45) is 5.92 Å². The van der Waals surface area contributed by atoms with Gasteiger partial charge in [-0.1, -0.05) is 27.7 Å². The third kappa shape index (κ3) is 3.18. The first kappa shape index (κ1) is 14.5. The molecule has 0 aromatic carbocycles. The van der Waals surface area contributed by atoms with Gasteiger partial charge in [0.25, 0.3) is 5.91 Å². The molecular weight excluding hydrogens is 258 g/mol. The summed E-state index contributed by atoms with van der Waals surface area (Å²) in [6.07, 6.45) is 0.490. The number of aliphatic hydroxyl groups excluding tert-OH is 1. The van der Waals surface area contributed by atoms with E-state index in [0.717, 1.165) is 17.8 Å². The number of hydrogen-bond acceptors (Lipinski definition) is 3. The lowest BCUT2D eigenvalue weighted by atomic mass is 9.95. The highest BCUT2D eigenvalue weighted by Crippen LogP contribution is 2.30. The molecule has 1 saturated heterocycles. The van der Waals surface area contributed by atoms with Crippen LogP contribution in [0.2, 0.25) is 0 Å². The Morgan fingerprint density at radius 1 is 1.42 bits per heavy atom. The molecule has 1 aliphatic rings. The van der Waals surface area contributed by atoms with E-state index >= 15 is 0 Å². The van der Waals surface area contributed by atoms with Gasteiger partial charge >= 0.3 is 0 Å². The second kappa shape index (κ2) is 5.25. The first-order valence-electron chi connectivity index (χ1n) is 6.86. The lowest BCUT2D eigenvalue weighted by molar-refractivity contribution is 0.0251. The summed E-state index contributed by atoms with van der Waals surface area (Å²) in [5.41, 5.74) is 0.0825. The Kier molecular flexibility index (Phi) is 4.02. The van der Waals surface area contributed by atoms with Crippen molar-refractivity contribution in [1.82, 2.24) is 4.90 Å². The zero-order chi connectivity index (χ0) is 14.2. The number of carbonyl (C=O) groups excluding carboxylic acids is 1. The second-order valence-electron chi connectivity index (χ2n) is 6.50. The zero-order valence-electron chi connectivity index (χ0n) is 12.1. The fraction of sp³-hybridized carbons (Fsp3) is 0.667. The molecule has 0 bridgehead atoms. The van der Waals surface area contributed by atoms with Gasteiger partial charge in [0, 0.05) is 18.0 Å². The van der Waals surface area contributed by atoms with Gasteiger partial charge in [0.05, 0.1) is 11.0 Å². The van der Waals surface area contributed by atoms with E-state index in [4.69, 9.17) is 0 Å². The van der Waals surface area contributed by atoms with E-state index in [1.165, 1.54) is 4.88 Å². The number of nitrogens with zero attached hydrogens (tertiary/aromatic N) is 1. The normalized spacial score (nSPS) is 24.6. The predicted octanol–water partition coefficient (Wildman–Crippen LogP) is 2.89. The fourth-order valence-corrected chi connectivity index (χ4v) is 3.28. The van der Waals surface area contributed by atoms with Crippen molar-refractivity contribution in [2.75, 3.05) is 13.1 Å². The monoisotopic (exact) mass is 281 g/mol. The topological polar surface area (TPSA) is 40.5 Å². The quantitative estimate of drug-likeness (QED) is 0.860. The lowest BCUT2D eigenvalue weighted by Crippen LogP contribution is -2.45. The molecular formula is C15H23NO2S. The zero-order valence-corrected chi connectivity index (χ0v) is 13.0. The first-order chi connectivity index (χ1) is 8.79. The molecule has 0 saturated carbocycles. The summed E-state index contributed by atoms with van der Waals surface area (Å²) in [5.74, 6) is 0.351. The number of likely N-dealkylation sites (tertiary alicyclic amines) is 1. The number of rotatable bonds is 1. The van der Waals surface area contributed by atoms with Gasteiger partial charge in [0.15, 0.2) is 0 Å². The van der Waals surface area contributed by atoms with E-state index in [1.807, 2.05) is 19.1 Å². The molecule has 1 fully saturated rings. The number of piperidine rings is 1. The van der Waals surface area contributed by atoms with Crippen molar-refractivity contribution in [3.8, 4) is 0 Å². The van der Waals surface area contributed by atoms with E-state index in [-0.39, 0.29) is 23.3 Å². The van der Waals surface area contributed by atoms with Crippen molar-refractivity contribution >= 4 is 17.2 Å². The second-order valence-corrected chi connectivity index (χ2v) is 7.58. The van der Waals surface area contributed by atoms with Crippen LogP contribution in [0.4, 0.5) is 0 Å². The molecule has 2 heterocycles. The van der Waals surface area contributed by atoms with Crippen LogP contribution >= 0.6 is 11.3 Å². The summed E-state index contributed by atoms with van der Waals surface area (Å²) in [7, 11) is 0. The van der Waals surface area contributed by atoms with Gasteiger partial charge in [-0.2, -0.15) is 0 Å². The van der Waals surface area contributed by atoms with Crippen LogP contribution in [0.25, 0.3) is 0 Å². The fourth-order valence-electron chi connectivity index (χ4n) is 2.25. The highest BCUT2D eigenvalue weighted by atomic mass is 32.1. The summed E-state index contributed by atoms with van der Waals surface area (Å²) in [6.45, 7) is 9.70. The summed E-state index contributed by atoms with van der Waals surface area (Å²) in [4.78, 5) is 16.2. The summed E-state index contributed by atoms with van der Waals surface area (Å²) in [5, 5.41) is 9.89. The lowest BCUT2D eigenvalue weighted by Gasteiger charge is -2.34. The molecule has 1 N–H and O–H groups in total. The number of carbonyl (C=O) groups is 1. The average Bonchev–Trinajstić information content (AvgIpc) is 2.81. The maximum Gasteiger partial charge on any atom is 0.264 e. The Balaban J connectivity index is 2.10. The highest BCUT2D eigenvalue weighted by Gasteiger charge is 2.29. The third-order valence-corrected chi connectivity index (χ3v) is 5.26. The minimum absolute atomic E-state index is 0.0615. The van der Waals surface area contributed by atoms with Gasteiger partial charge in [-0.05, 0) is 29.9 Å². The molecule has 1 aromatic heterocycles. The molecule has 1 amide bonds. The van der Waals surface area contributed by atoms with Crippen molar-refractivity contribution in [2.45, 2.75) is 45.6 Å². The minimum atomic E-state index is -0.389. The van der Waals surface area contributed by atoms with E-state index in [2.05, 4.69) is 20.8 Å². The van der Waals surface area contributed by atoms with Gasteiger partial charge in [0.1, 0.15) is 0 Å². The molecule has 1 aromatic rings. The number of aliphatic hydroxyl groups is 1. The van der Waals surface area contributed by atoms with Crippen molar-refractivity contribution in [1.29, 1.82) is 0 Å². The van der Waals surface area contributed by atoms with Gasteiger partial charge in [-0.15, -0.1) is 11.3 Å². The SMILES string of the molecule is CC1CCN(C(=O)c2ccc(C(C)(C)C)s2)CC1O. The van der Waals surface area contributed by atoms with E-state index in [9.17, 15) is 9.90 Å². The van der Waals surface area contributed by atoms with Crippen LogP contribution in [0, 0.1) is 5.92 Å². The molecule has 2 unspecified atom stereocenters. The number of thiophene rings is 1. The van der Waals surface area contributed by atoms with Crippen molar-refractivity contribution < 1.29 is 9.90 Å². The Morgan fingerprint density at radius 3 is 2.63 bits per heavy atom. The first-order valence-corrected chi connectivity index (χ1v) is 7.68. The van der Waals surface area contributed by atoms with Crippen LogP contribution in [-0.2, 0) is 5.41 Å². The van der Waals surface area contributed by atoms with Crippen LogP contribution in [0.15, 0.2) is 12.1 Å². The predicted molar refractivity (Wildman–Crippen MR) is 78.7 cm³/mol. The molecule has 0 spiro atoms. The molecule has 1 aliphatic heterocycles. The standard InChI is InChI=1S/C15H23NO2S/c1-10-7-8-16(9-11(10)17)14(18)12-5-6-13(19-12)15(2,3)4/h5-6,10-11,17H,7-9H2,1-4H3. The number of β-amino-alcohol motifs (C(OH)–C–C–N with tert-alkyl or cyclic N) is 1. The van der Waals surface area contributed by atoms with Crippen LogP contribution in [0.3, 0.4) is 0 Å².